The molecule has 1 N–H and O–H groups in total. The van der Waals surface area contributed by atoms with Crippen molar-refractivity contribution in [2.24, 2.45) is 5.92 Å². The Morgan fingerprint density at radius 3 is 2.43 bits per heavy atom. The Hall–Kier alpha value is -3.14. The highest BCUT2D eigenvalue weighted by atomic mass is 32.2. The van der Waals surface area contributed by atoms with Crippen molar-refractivity contribution in [2.75, 3.05) is 35.5 Å². The second kappa shape index (κ2) is 10.7. The van der Waals surface area contributed by atoms with E-state index in [2.05, 4.69) is 23.5 Å². The van der Waals surface area contributed by atoms with Gasteiger partial charge in [0.1, 0.15) is 18.0 Å². The Balaban J connectivity index is 1.70. The van der Waals surface area contributed by atoms with Crippen LogP contribution in [-0.4, -0.2) is 68.1 Å². The lowest BCUT2D eigenvalue weighted by Gasteiger charge is -2.54. The number of carbonyl (C=O) groups excluding carboxylic acids is 2. The summed E-state index contributed by atoms with van der Waals surface area (Å²) in [6.07, 6.45) is 2.58. The van der Waals surface area contributed by atoms with E-state index in [1.807, 2.05) is 11.8 Å². The molecule has 0 radical (unpaired) electrons. The first-order valence-corrected chi connectivity index (χ1v) is 14.6. The minimum Gasteiger partial charge on any atom is -0.349 e. The molecule has 2 aliphatic rings. The Bertz CT molecular complexity index is 1270. The molecular formula is C27H35FN4O4S. The van der Waals surface area contributed by atoms with Gasteiger partial charge in [-0.3, -0.25) is 14.3 Å². The number of amides is 2. The summed E-state index contributed by atoms with van der Waals surface area (Å²) < 4.78 is 39.4. The van der Waals surface area contributed by atoms with Crippen LogP contribution in [0, 0.1) is 11.7 Å². The fourth-order valence-electron chi connectivity index (χ4n) is 5.24. The molecule has 200 valence electrons. The molecule has 8 nitrogen and oxygen atoms in total. The van der Waals surface area contributed by atoms with E-state index < -0.39 is 16.1 Å². The Labute approximate surface area is 218 Å². The molecule has 0 saturated carbocycles. The third-order valence-corrected chi connectivity index (χ3v) is 7.39. The molecule has 1 fully saturated rings. The zero-order valence-corrected chi connectivity index (χ0v) is 22.6. The van der Waals surface area contributed by atoms with Gasteiger partial charge in [0.05, 0.1) is 24.1 Å². The van der Waals surface area contributed by atoms with E-state index in [1.165, 1.54) is 12.1 Å². The van der Waals surface area contributed by atoms with Crippen LogP contribution in [-0.2, 0) is 21.2 Å². The van der Waals surface area contributed by atoms with Gasteiger partial charge in [-0.05, 0) is 54.7 Å². The van der Waals surface area contributed by atoms with E-state index in [1.54, 1.807) is 35.2 Å². The van der Waals surface area contributed by atoms with Gasteiger partial charge in [-0.2, -0.15) is 0 Å². The zero-order chi connectivity index (χ0) is 26.9. The average molecular weight is 531 g/mol. The molecule has 0 unspecified atom stereocenters. The number of rotatable bonds is 9. The van der Waals surface area contributed by atoms with Gasteiger partial charge in [0, 0.05) is 18.8 Å². The maximum Gasteiger partial charge on any atom is 0.258 e. The van der Waals surface area contributed by atoms with Crippen LogP contribution in [0.15, 0.2) is 42.5 Å². The number of hydrogen-bond acceptors (Lipinski definition) is 5. The van der Waals surface area contributed by atoms with Crippen LogP contribution in [0.25, 0.3) is 0 Å². The predicted molar refractivity (Wildman–Crippen MR) is 142 cm³/mol. The van der Waals surface area contributed by atoms with E-state index in [0.717, 1.165) is 23.9 Å². The highest BCUT2D eigenvalue weighted by molar-refractivity contribution is 7.92. The number of carbonyl (C=O) groups is 2. The molecule has 2 heterocycles. The van der Waals surface area contributed by atoms with Crippen molar-refractivity contribution in [3.05, 3.63) is 59.4 Å². The summed E-state index contributed by atoms with van der Waals surface area (Å²) in [6.45, 7) is 7.69. The van der Waals surface area contributed by atoms with Gasteiger partial charge in [0.15, 0.2) is 0 Å². The van der Waals surface area contributed by atoms with Crippen molar-refractivity contribution in [3.8, 4) is 0 Å². The molecule has 0 aromatic heterocycles. The van der Waals surface area contributed by atoms with Crippen molar-refractivity contribution in [2.45, 2.75) is 52.2 Å². The van der Waals surface area contributed by atoms with Crippen LogP contribution in [0.1, 0.15) is 49.5 Å². The number of hydrogen-bond donors (Lipinski definition) is 1. The van der Waals surface area contributed by atoms with Gasteiger partial charge in [-0.15, -0.1) is 0 Å². The quantitative estimate of drug-likeness (QED) is 0.534. The standard InChI is InChI=1S/C27H35FN4O4S/c1-5-6-24-27(34)30(14-13-19-7-9-20(28)10-8-19)17-25-31(16-18(2)3)23-12-11-21(29-37(4,35)36)15-22(23)26(33)32(24)25/h7-12,15,18,24-25,29H,5-6,13-14,16-17H2,1-4H3/t24-,25+/m0/s1. The number of sulfonamides is 1. The normalized spacial score (nSPS) is 19.8. The predicted octanol–water partition coefficient (Wildman–Crippen LogP) is 3.70. The molecule has 0 aliphatic carbocycles. The molecule has 1 saturated heterocycles. The molecule has 2 amide bonds. The fourth-order valence-corrected chi connectivity index (χ4v) is 5.79. The summed E-state index contributed by atoms with van der Waals surface area (Å²) in [5, 5.41) is 0. The van der Waals surface area contributed by atoms with Gasteiger partial charge in [-0.25, -0.2) is 12.8 Å². The average Bonchev–Trinajstić information content (AvgIpc) is 2.82. The largest absolute Gasteiger partial charge is 0.349 e. The van der Waals surface area contributed by atoms with Crippen LogP contribution in [0.2, 0.25) is 0 Å². The molecule has 2 aromatic carbocycles. The number of piperazine rings is 1. The Morgan fingerprint density at radius 1 is 1.11 bits per heavy atom. The minimum atomic E-state index is -3.51. The van der Waals surface area contributed by atoms with E-state index >= 15 is 0 Å². The van der Waals surface area contributed by atoms with Crippen molar-refractivity contribution in [3.63, 3.8) is 0 Å². The number of halogens is 1. The van der Waals surface area contributed by atoms with Crippen LogP contribution in [0.3, 0.4) is 0 Å². The molecule has 10 heteroatoms. The van der Waals surface area contributed by atoms with Gasteiger partial charge >= 0.3 is 0 Å². The van der Waals surface area contributed by atoms with Gasteiger partial charge in [0.2, 0.25) is 15.9 Å². The summed E-state index contributed by atoms with van der Waals surface area (Å²) in [6, 6.07) is 10.7. The highest BCUT2D eigenvalue weighted by Crippen LogP contribution is 2.38. The molecule has 37 heavy (non-hydrogen) atoms. The number of nitrogens with one attached hydrogen (secondary N) is 1. The second-order valence-corrected chi connectivity index (χ2v) is 12.1. The minimum absolute atomic E-state index is 0.0908. The first-order chi connectivity index (χ1) is 17.5. The van der Waals surface area contributed by atoms with E-state index in [4.69, 9.17) is 0 Å². The van der Waals surface area contributed by atoms with Crippen molar-refractivity contribution < 1.29 is 22.4 Å². The number of fused-ring (bicyclic) bond motifs is 2. The third-order valence-electron chi connectivity index (χ3n) is 6.78. The smallest absolute Gasteiger partial charge is 0.258 e. The van der Waals surface area contributed by atoms with Crippen molar-refractivity contribution >= 4 is 33.2 Å². The van der Waals surface area contributed by atoms with Gasteiger partial charge in [-0.1, -0.05) is 39.3 Å². The topological polar surface area (TPSA) is 90.0 Å². The maximum absolute atomic E-state index is 13.9. The third kappa shape index (κ3) is 5.89. The molecule has 2 aliphatic heterocycles. The SMILES string of the molecule is CCC[C@H]1C(=O)N(CCc2ccc(F)cc2)C[C@@H]2N(CC(C)C)c3ccc(NS(C)(=O)=O)cc3C(=O)N21. The number of nitrogens with zero attached hydrogens (tertiary/aromatic N) is 3. The lowest BCUT2D eigenvalue weighted by molar-refractivity contribution is -0.143. The lowest BCUT2D eigenvalue weighted by atomic mass is 9.95. The van der Waals surface area contributed by atoms with Gasteiger partial charge < -0.3 is 14.7 Å². The molecule has 0 bridgehead atoms. The zero-order valence-electron chi connectivity index (χ0n) is 21.8. The van der Waals surface area contributed by atoms with E-state index in [-0.39, 0.29) is 29.7 Å². The monoisotopic (exact) mass is 530 g/mol. The molecule has 2 aromatic rings. The molecule has 0 spiro atoms. The summed E-state index contributed by atoms with van der Waals surface area (Å²) in [7, 11) is -3.51. The van der Waals surface area contributed by atoms with E-state index in [9.17, 15) is 22.4 Å². The van der Waals surface area contributed by atoms with Crippen LogP contribution in [0.4, 0.5) is 15.8 Å². The molecule has 2 atom stereocenters. The van der Waals surface area contributed by atoms with E-state index in [0.29, 0.717) is 43.7 Å². The molecular weight excluding hydrogens is 495 g/mol. The summed E-state index contributed by atoms with van der Waals surface area (Å²) >= 11 is 0. The second-order valence-electron chi connectivity index (χ2n) is 10.3. The van der Waals surface area contributed by atoms with Crippen molar-refractivity contribution in [1.29, 1.82) is 0 Å². The highest BCUT2D eigenvalue weighted by Gasteiger charge is 2.48. The summed E-state index contributed by atoms with van der Waals surface area (Å²) in [5.41, 5.74) is 2.38. The van der Waals surface area contributed by atoms with Gasteiger partial charge in [0.25, 0.3) is 5.91 Å². The number of anilines is 2. The summed E-state index contributed by atoms with van der Waals surface area (Å²) in [4.78, 5) is 33.2. The van der Waals surface area contributed by atoms with Crippen LogP contribution in [0.5, 0.6) is 0 Å². The molecule has 4 rings (SSSR count). The fraction of sp³-hybridized carbons (Fsp3) is 0.481. The Morgan fingerprint density at radius 2 is 1.81 bits per heavy atom. The van der Waals surface area contributed by atoms with Crippen molar-refractivity contribution in [1.82, 2.24) is 9.80 Å². The summed E-state index contributed by atoms with van der Waals surface area (Å²) in [5.74, 6) is -0.365. The number of benzene rings is 2. The maximum atomic E-state index is 13.9. The van der Waals surface area contributed by atoms with Crippen LogP contribution < -0.4 is 9.62 Å². The lowest BCUT2D eigenvalue weighted by Crippen LogP contribution is -2.70. The first-order valence-electron chi connectivity index (χ1n) is 12.7. The van der Waals surface area contributed by atoms with Crippen LogP contribution >= 0.6 is 0 Å². The Kier molecular flexibility index (Phi) is 7.77. The first kappa shape index (κ1) is 26.9.